The van der Waals surface area contributed by atoms with Crippen molar-refractivity contribution in [2.24, 2.45) is 4.99 Å². The Kier molecular flexibility index (Phi) is 11.5. The van der Waals surface area contributed by atoms with Crippen molar-refractivity contribution in [2.75, 3.05) is 19.6 Å². The highest BCUT2D eigenvalue weighted by Gasteiger charge is 2.08. The molecule has 0 radical (unpaired) electrons. The molecular formula is C21H31IN4O2. The third kappa shape index (κ3) is 8.88. The maximum absolute atomic E-state index is 10.4. The van der Waals surface area contributed by atoms with Crippen LogP contribution in [-0.2, 0) is 6.42 Å². The molecule has 3 N–H and O–H groups in total. The van der Waals surface area contributed by atoms with Crippen LogP contribution >= 0.6 is 24.0 Å². The van der Waals surface area contributed by atoms with Gasteiger partial charge >= 0.3 is 0 Å². The van der Waals surface area contributed by atoms with E-state index in [1.54, 1.807) is 6.20 Å². The Labute approximate surface area is 184 Å². The molecule has 1 atom stereocenters. The summed E-state index contributed by atoms with van der Waals surface area (Å²) in [5.41, 5.74) is 1.85. The second-order valence-corrected chi connectivity index (χ2v) is 6.47. The average molecular weight is 498 g/mol. The zero-order valence-electron chi connectivity index (χ0n) is 16.8. The summed E-state index contributed by atoms with van der Waals surface area (Å²) in [4.78, 5) is 8.79. The van der Waals surface area contributed by atoms with Crippen LogP contribution in [0.3, 0.4) is 0 Å². The van der Waals surface area contributed by atoms with Crippen molar-refractivity contribution < 1.29 is 9.84 Å². The van der Waals surface area contributed by atoms with Gasteiger partial charge in [-0.25, -0.2) is 0 Å². The molecule has 0 spiro atoms. The van der Waals surface area contributed by atoms with Gasteiger partial charge in [-0.2, -0.15) is 0 Å². The molecule has 0 amide bonds. The number of halogens is 1. The molecule has 1 heterocycles. The van der Waals surface area contributed by atoms with Crippen LogP contribution in [0.4, 0.5) is 0 Å². The average Bonchev–Trinajstić information content (AvgIpc) is 2.67. The van der Waals surface area contributed by atoms with Gasteiger partial charge in [0.25, 0.3) is 0 Å². The Bertz CT molecular complexity index is 693. The van der Waals surface area contributed by atoms with Crippen molar-refractivity contribution >= 4 is 29.9 Å². The lowest BCUT2D eigenvalue weighted by atomic mass is 10.1. The van der Waals surface area contributed by atoms with Crippen LogP contribution in [-0.4, -0.2) is 41.8 Å². The van der Waals surface area contributed by atoms with Gasteiger partial charge in [0.1, 0.15) is 5.75 Å². The topological polar surface area (TPSA) is 78.8 Å². The lowest BCUT2D eigenvalue weighted by Crippen LogP contribution is -2.38. The second kappa shape index (κ2) is 13.3. The van der Waals surface area contributed by atoms with Crippen LogP contribution in [0.25, 0.3) is 0 Å². The molecule has 2 aromatic rings. The molecule has 7 heteroatoms. The molecule has 0 bridgehead atoms. The fourth-order valence-corrected chi connectivity index (χ4v) is 2.52. The number of aromatic nitrogens is 1. The minimum Gasteiger partial charge on any atom is -0.491 e. The summed E-state index contributed by atoms with van der Waals surface area (Å²) < 4.78 is 5.63. The fraction of sp³-hybridized carbons (Fsp3) is 0.429. The lowest BCUT2D eigenvalue weighted by Gasteiger charge is -2.14. The summed E-state index contributed by atoms with van der Waals surface area (Å²) in [6.45, 7) is 7.75. The number of benzene rings is 1. The maximum atomic E-state index is 10.4. The van der Waals surface area contributed by atoms with Crippen LogP contribution in [0.1, 0.15) is 38.1 Å². The molecule has 1 unspecified atom stereocenters. The van der Waals surface area contributed by atoms with Crippen molar-refractivity contribution in [2.45, 2.75) is 39.4 Å². The monoisotopic (exact) mass is 498 g/mol. The number of pyridine rings is 1. The van der Waals surface area contributed by atoms with Crippen molar-refractivity contribution in [3.63, 3.8) is 0 Å². The standard InChI is InChI=1S/C21H30N4O2.HI/c1-4-22-21(24-14-12-18-7-5-6-13-23-18)25-15-20(26)17-8-10-19(11-9-17)27-16(2)3;/h5-11,13,16,20,26H,4,12,14-15H2,1-3H3,(H2,22,24,25);1H. The first kappa shape index (κ1) is 24.2. The van der Waals surface area contributed by atoms with E-state index in [4.69, 9.17) is 4.74 Å². The smallest absolute Gasteiger partial charge is 0.191 e. The molecule has 154 valence electrons. The zero-order chi connectivity index (χ0) is 19.5. The molecular weight excluding hydrogens is 467 g/mol. The molecule has 0 aliphatic rings. The van der Waals surface area contributed by atoms with Crippen LogP contribution in [0.5, 0.6) is 5.75 Å². The van der Waals surface area contributed by atoms with Crippen LogP contribution in [0, 0.1) is 0 Å². The first-order valence-corrected chi connectivity index (χ1v) is 9.45. The number of aliphatic hydroxyl groups excluding tert-OH is 1. The summed E-state index contributed by atoms with van der Waals surface area (Å²) in [7, 11) is 0. The molecule has 0 saturated carbocycles. The van der Waals surface area contributed by atoms with Crippen LogP contribution in [0.15, 0.2) is 53.7 Å². The SMILES string of the molecule is CCNC(=NCC(O)c1ccc(OC(C)C)cc1)NCCc1ccccn1.I. The minimum absolute atomic E-state index is 0. The summed E-state index contributed by atoms with van der Waals surface area (Å²) in [5, 5.41) is 16.9. The van der Waals surface area contributed by atoms with Crippen molar-refractivity contribution in [1.29, 1.82) is 0 Å². The van der Waals surface area contributed by atoms with Gasteiger partial charge in [0.05, 0.1) is 18.8 Å². The molecule has 0 saturated heterocycles. The molecule has 0 aliphatic heterocycles. The molecule has 2 rings (SSSR count). The fourth-order valence-electron chi connectivity index (χ4n) is 2.52. The Morgan fingerprint density at radius 2 is 1.89 bits per heavy atom. The lowest BCUT2D eigenvalue weighted by molar-refractivity contribution is 0.186. The Balaban J connectivity index is 0.00000392. The van der Waals surface area contributed by atoms with Gasteiger partial charge in [0.15, 0.2) is 5.96 Å². The minimum atomic E-state index is -0.663. The third-order valence-corrected chi connectivity index (χ3v) is 3.80. The van der Waals surface area contributed by atoms with Crippen molar-refractivity contribution in [1.82, 2.24) is 15.6 Å². The first-order chi connectivity index (χ1) is 13.1. The first-order valence-electron chi connectivity index (χ1n) is 9.45. The molecule has 0 fully saturated rings. The van der Waals surface area contributed by atoms with Gasteiger partial charge < -0.3 is 20.5 Å². The highest BCUT2D eigenvalue weighted by Crippen LogP contribution is 2.19. The second-order valence-electron chi connectivity index (χ2n) is 6.47. The van der Waals surface area contributed by atoms with Crippen molar-refractivity contribution in [3.8, 4) is 5.75 Å². The van der Waals surface area contributed by atoms with Gasteiger partial charge in [0, 0.05) is 31.4 Å². The van der Waals surface area contributed by atoms with Crippen molar-refractivity contribution in [3.05, 3.63) is 59.9 Å². The number of nitrogens with one attached hydrogen (secondary N) is 2. The highest BCUT2D eigenvalue weighted by molar-refractivity contribution is 14.0. The van der Waals surface area contributed by atoms with Crippen LogP contribution < -0.4 is 15.4 Å². The maximum Gasteiger partial charge on any atom is 0.191 e. The van der Waals surface area contributed by atoms with E-state index < -0.39 is 6.10 Å². The van der Waals surface area contributed by atoms with Gasteiger partial charge in [-0.3, -0.25) is 9.98 Å². The van der Waals surface area contributed by atoms with E-state index in [9.17, 15) is 5.11 Å². The quantitative estimate of drug-likeness (QED) is 0.281. The number of ether oxygens (including phenoxy) is 1. The number of nitrogens with zero attached hydrogens (tertiary/aromatic N) is 2. The van der Waals surface area contributed by atoms with E-state index in [0.29, 0.717) is 5.96 Å². The summed E-state index contributed by atoms with van der Waals surface area (Å²) >= 11 is 0. The van der Waals surface area contributed by atoms with Gasteiger partial charge in [-0.1, -0.05) is 18.2 Å². The summed E-state index contributed by atoms with van der Waals surface area (Å²) in [6, 6.07) is 13.4. The molecule has 6 nitrogen and oxygen atoms in total. The Hall–Kier alpha value is -1.87. The van der Waals surface area contributed by atoms with E-state index in [2.05, 4.69) is 20.6 Å². The number of hydrogen-bond donors (Lipinski definition) is 3. The van der Waals surface area contributed by atoms with E-state index in [0.717, 1.165) is 36.5 Å². The van der Waals surface area contributed by atoms with Crippen LogP contribution in [0.2, 0.25) is 0 Å². The Morgan fingerprint density at radius 3 is 2.50 bits per heavy atom. The number of aliphatic hydroxyl groups is 1. The number of aliphatic imine (C=N–C) groups is 1. The summed E-state index contributed by atoms with van der Waals surface area (Å²) in [6.07, 6.45) is 2.07. The van der Waals surface area contributed by atoms with Gasteiger partial charge in [-0.05, 0) is 50.6 Å². The zero-order valence-corrected chi connectivity index (χ0v) is 19.1. The predicted octanol–water partition coefficient (Wildman–Crippen LogP) is 3.32. The van der Waals surface area contributed by atoms with Gasteiger partial charge in [0.2, 0.25) is 0 Å². The van der Waals surface area contributed by atoms with E-state index >= 15 is 0 Å². The van der Waals surface area contributed by atoms with E-state index in [1.165, 1.54) is 0 Å². The normalized spacial score (nSPS) is 12.2. The molecule has 1 aromatic heterocycles. The summed E-state index contributed by atoms with van der Waals surface area (Å²) in [5.74, 6) is 1.49. The van der Waals surface area contributed by atoms with E-state index in [-0.39, 0.29) is 36.6 Å². The highest BCUT2D eigenvalue weighted by atomic mass is 127. The molecule has 28 heavy (non-hydrogen) atoms. The number of guanidine groups is 1. The molecule has 0 aliphatic carbocycles. The van der Waals surface area contributed by atoms with E-state index in [1.807, 2.05) is 63.2 Å². The number of hydrogen-bond acceptors (Lipinski definition) is 4. The third-order valence-electron chi connectivity index (χ3n) is 3.80. The largest absolute Gasteiger partial charge is 0.491 e. The molecule has 1 aromatic carbocycles. The predicted molar refractivity (Wildman–Crippen MR) is 125 cm³/mol. The number of rotatable bonds is 9. The Morgan fingerprint density at radius 1 is 1.14 bits per heavy atom. The van der Waals surface area contributed by atoms with Gasteiger partial charge in [-0.15, -0.1) is 24.0 Å².